The molecule has 2 aromatic rings. The molecule has 1 saturated heterocycles. The van der Waals surface area contributed by atoms with E-state index in [-0.39, 0.29) is 5.41 Å². The standard InChI is InChI=1S/C22H25ClN2O2S/c1-26-18-6-7-19(27-2)20-17(18)13-22(8-10-28-11-9-22)21(25-20)24-14-15-4-3-5-16(23)12-15/h3-7,12H,8-11,13-14H2,1-2H3,(H,24,25). The first-order valence-electron chi connectivity index (χ1n) is 9.53. The molecule has 2 aliphatic heterocycles. The quantitative estimate of drug-likeness (QED) is 0.720. The molecule has 0 saturated carbocycles. The molecule has 28 heavy (non-hydrogen) atoms. The number of anilines is 1. The van der Waals surface area contributed by atoms with Crippen molar-refractivity contribution >= 4 is 34.9 Å². The predicted octanol–water partition coefficient (Wildman–Crippen LogP) is 5.44. The molecule has 1 N–H and O–H groups in total. The Labute approximate surface area is 175 Å². The minimum atomic E-state index is 0.0243. The van der Waals surface area contributed by atoms with Crippen molar-refractivity contribution in [2.75, 3.05) is 31.0 Å². The normalized spacial score (nSPS) is 19.2. The molecule has 0 aliphatic carbocycles. The highest BCUT2D eigenvalue weighted by molar-refractivity contribution is 7.99. The molecule has 1 fully saturated rings. The Morgan fingerprint density at radius 1 is 1.11 bits per heavy atom. The van der Waals surface area contributed by atoms with Gasteiger partial charge in [0.1, 0.15) is 17.3 Å². The largest absolute Gasteiger partial charge is 0.496 e. The van der Waals surface area contributed by atoms with Crippen LogP contribution >= 0.6 is 23.4 Å². The van der Waals surface area contributed by atoms with E-state index in [2.05, 4.69) is 11.4 Å². The van der Waals surface area contributed by atoms with E-state index in [0.29, 0.717) is 6.54 Å². The highest BCUT2D eigenvalue weighted by Crippen LogP contribution is 2.49. The highest BCUT2D eigenvalue weighted by Gasteiger charge is 2.43. The average Bonchev–Trinajstić information content (AvgIpc) is 2.72. The molecule has 0 radical (unpaired) electrons. The summed E-state index contributed by atoms with van der Waals surface area (Å²) >= 11 is 8.17. The van der Waals surface area contributed by atoms with E-state index in [9.17, 15) is 0 Å². The van der Waals surface area contributed by atoms with E-state index in [1.54, 1.807) is 14.2 Å². The van der Waals surface area contributed by atoms with Gasteiger partial charge in [-0.1, -0.05) is 23.7 Å². The third kappa shape index (κ3) is 3.70. The van der Waals surface area contributed by atoms with Gasteiger partial charge in [0.05, 0.1) is 26.5 Å². The lowest BCUT2D eigenvalue weighted by atomic mass is 9.72. The van der Waals surface area contributed by atoms with Crippen LogP contribution in [-0.2, 0) is 13.0 Å². The lowest BCUT2D eigenvalue weighted by Crippen LogP contribution is -2.44. The van der Waals surface area contributed by atoms with Crippen LogP contribution in [0.3, 0.4) is 0 Å². The number of aliphatic imine (C=N–C) groups is 1. The van der Waals surface area contributed by atoms with Gasteiger partial charge in [-0.15, -0.1) is 0 Å². The Hall–Kier alpha value is -1.85. The number of ether oxygens (including phenoxy) is 2. The minimum Gasteiger partial charge on any atom is -0.496 e. The summed E-state index contributed by atoms with van der Waals surface area (Å²) < 4.78 is 11.3. The zero-order valence-corrected chi connectivity index (χ0v) is 17.8. The number of methoxy groups -OCH3 is 2. The molecule has 1 spiro atoms. The highest BCUT2D eigenvalue weighted by atomic mass is 35.5. The molecule has 4 nitrogen and oxygen atoms in total. The van der Waals surface area contributed by atoms with Gasteiger partial charge < -0.3 is 14.8 Å². The molecule has 0 amide bonds. The van der Waals surface area contributed by atoms with E-state index in [1.807, 2.05) is 42.1 Å². The fourth-order valence-corrected chi connectivity index (χ4v) is 5.63. The summed E-state index contributed by atoms with van der Waals surface area (Å²) in [5.41, 5.74) is 3.31. The smallest absolute Gasteiger partial charge is 0.142 e. The molecule has 0 atom stereocenters. The number of hydrogen-bond donors (Lipinski definition) is 1. The van der Waals surface area contributed by atoms with Gasteiger partial charge >= 0.3 is 0 Å². The molecule has 2 aliphatic rings. The number of rotatable bonds is 4. The van der Waals surface area contributed by atoms with Gasteiger partial charge in [-0.05, 0) is 60.6 Å². The number of fused-ring (bicyclic) bond motifs is 1. The second-order valence-corrected chi connectivity index (χ2v) is 8.97. The molecule has 2 heterocycles. The number of halogens is 1. The summed E-state index contributed by atoms with van der Waals surface area (Å²) in [6.07, 6.45) is 3.14. The fraction of sp³-hybridized carbons (Fsp3) is 0.409. The monoisotopic (exact) mass is 416 g/mol. The summed E-state index contributed by atoms with van der Waals surface area (Å²) in [5.74, 6) is 5.10. The number of amidine groups is 1. The molecular weight excluding hydrogens is 392 g/mol. The van der Waals surface area contributed by atoms with Crippen LogP contribution in [0.1, 0.15) is 24.0 Å². The Bertz CT molecular complexity index is 894. The Kier molecular flexibility index (Phi) is 5.74. The van der Waals surface area contributed by atoms with E-state index >= 15 is 0 Å². The van der Waals surface area contributed by atoms with E-state index in [4.69, 9.17) is 26.1 Å². The van der Waals surface area contributed by atoms with Gasteiger partial charge in [-0.3, -0.25) is 4.99 Å². The first kappa shape index (κ1) is 19.5. The van der Waals surface area contributed by atoms with Crippen molar-refractivity contribution in [3.8, 4) is 11.5 Å². The topological polar surface area (TPSA) is 42.9 Å². The Morgan fingerprint density at radius 2 is 1.86 bits per heavy atom. The van der Waals surface area contributed by atoms with Crippen LogP contribution in [0, 0.1) is 5.41 Å². The Morgan fingerprint density at radius 3 is 2.57 bits per heavy atom. The molecule has 0 bridgehead atoms. The van der Waals surface area contributed by atoms with Crippen LogP contribution < -0.4 is 14.8 Å². The van der Waals surface area contributed by atoms with Crippen molar-refractivity contribution in [1.82, 2.24) is 0 Å². The molecule has 6 heteroatoms. The van der Waals surface area contributed by atoms with Crippen molar-refractivity contribution in [3.63, 3.8) is 0 Å². The molecule has 4 rings (SSSR count). The van der Waals surface area contributed by atoms with Gasteiger partial charge in [0.15, 0.2) is 0 Å². The van der Waals surface area contributed by atoms with Crippen LogP contribution in [-0.4, -0.2) is 31.6 Å². The molecular formula is C22H25ClN2O2S. The minimum absolute atomic E-state index is 0.0243. The number of nitrogens with zero attached hydrogens (tertiary/aromatic N) is 1. The summed E-state index contributed by atoms with van der Waals surface area (Å²) in [7, 11) is 3.43. The van der Waals surface area contributed by atoms with Crippen LogP contribution in [0.2, 0.25) is 5.02 Å². The summed E-state index contributed by atoms with van der Waals surface area (Å²) in [6, 6.07) is 11.9. The molecule has 0 unspecified atom stereocenters. The van der Waals surface area contributed by atoms with Crippen LogP contribution in [0.15, 0.2) is 41.4 Å². The third-order valence-electron chi connectivity index (χ3n) is 5.69. The first-order chi connectivity index (χ1) is 13.6. The third-order valence-corrected chi connectivity index (χ3v) is 6.91. The summed E-state index contributed by atoms with van der Waals surface area (Å²) in [5, 5.41) is 4.38. The SMILES string of the molecule is COc1ccc(OC)c2c1CC1(CCSCC1)C(=NCc1cccc(Cl)c1)N2. The van der Waals surface area contributed by atoms with Crippen molar-refractivity contribution in [3.05, 3.63) is 52.5 Å². The van der Waals surface area contributed by atoms with Crippen molar-refractivity contribution in [1.29, 1.82) is 0 Å². The van der Waals surface area contributed by atoms with E-state index in [1.165, 1.54) is 5.56 Å². The summed E-state index contributed by atoms with van der Waals surface area (Å²) in [4.78, 5) is 5.04. The van der Waals surface area contributed by atoms with E-state index in [0.717, 1.165) is 64.4 Å². The van der Waals surface area contributed by atoms with Gasteiger partial charge in [-0.2, -0.15) is 11.8 Å². The maximum atomic E-state index is 6.15. The van der Waals surface area contributed by atoms with Crippen LogP contribution in [0.25, 0.3) is 0 Å². The van der Waals surface area contributed by atoms with Gasteiger partial charge in [0.25, 0.3) is 0 Å². The van der Waals surface area contributed by atoms with Gasteiger partial charge in [-0.25, -0.2) is 0 Å². The second-order valence-electron chi connectivity index (χ2n) is 7.31. The zero-order chi connectivity index (χ0) is 19.6. The Balaban J connectivity index is 1.75. The van der Waals surface area contributed by atoms with Gasteiger partial charge in [0.2, 0.25) is 0 Å². The first-order valence-corrected chi connectivity index (χ1v) is 11.1. The van der Waals surface area contributed by atoms with Crippen LogP contribution in [0.4, 0.5) is 5.69 Å². The van der Waals surface area contributed by atoms with E-state index < -0.39 is 0 Å². The van der Waals surface area contributed by atoms with Crippen molar-refractivity contribution in [2.24, 2.45) is 10.4 Å². The van der Waals surface area contributed by atoms with Crippen LogP contribution in [0.5, 0.6) is 11.5 Å². The lowest BCUT2D eigenvalue weighted by Gasteiger charge is -2.43. The van der Waals surface area contributed by atoms with Gasteiger partial charge in [0, 0.05) is 16.0 Å². The second kappa shape index (κ2) is 8.26. The molecule has 0 aromatic heterocycles. The fourth-order valence-electron chi connectivity index (χ4n) is 4.14. The predicted molar refractivity (Wildman–Crippen MR) is 118 cm³/mol. The number of thioether (sulfide) groups is 1. The van der Waals surface area contributed by atoms with Crippen molar-refractivity contribution in [2.45, 2.75) is 25.8 Å². The van der Waals surface area contributed by atoms with Crippen molar-refractivity contribution < 1.29 is 9.47 Å². The average molecular weight is 417 g/mol. The zero-order valence-electron chi connectivity index (χ0n) is 16.3. The molecule has 148 valence electrons. The number of nitrogens with one attached hydrogen (secondary N) is 1. The number of hydrogen-bond acceptors (Lipinski definition) is 4. The maximum Gasteiger partial charge on any atom is 0.142 e. The maximum absolute atomic E-state index is 6.15. The number of benzene rings is 2. The lowest BCUT2D eigenvalue weighted by molar-refractivity contribution is 0.355. The molecule has 2 aromatic carbocycles. The summed E-state index contributed by atoms with van der Waals surface area (Å²) in [6.45, 7) is 0.611.